The monoisotopic (exact) mass is 460 g/mol. The van der Waals surface area contributed by atoms with Gasteiger partial charge in [0.2, 0.25) is 5.91 Å². The van der Waals surface area contributed by atoms with Crippen LogP contribution in [0.3, 0.4) is 0 Å². The number of benzene rings is 2. The lowest BCUT2D eigenvalue weighted by molar-refractivity contribution is -0.121. The van der Waals surface area contributed by atoms with Crippen molar-refractivity contribution in [2.45, 2.75) is 30.9 Å². The quantitative estimate of drug-likeness (QED) is 0.664. The molecule has 4 rings (SSSR count). The summed E-state index contributed by atoms with van der Waals surface area (Å²) in [6.07, 6.45) is 8.82. The summed E-state index contributed by atoms with van der Waals surface area (Å²) in [7, 11) is 0. The lowest BCUT2D eigenvalue weighted by Crippen LogP contribution is -2.33. The molecule has 168 valence electrons. The molecule has 2 aromatic carbocycles. The molecule has 7 nitrogen and oxygen atoms in total. The van der Waals surface area contributed by atoms with E-state index in [0.717, 1.165) is 31.1 Å². The summed E-state index contributed by atoms with van der Waals surface area (Å²) in [6, 6.07) is 13.6. The fourth-order valence-corrected chi connectivity index (χ4v) is 4.86. The molecule has 0 saturated carbocycles. The van der Waals surface area contributed by atoms with Crippen LogP contribution in [0.5, 0.6) is 0 Å². The number of rotatable bonds is 5. The van der Waals surface area contributed by atoms with Crippen LogP contribution in [0.1, 0.15) is 41.6 Å². The SMILES string of the molecule is C#Cc1cccc(NC(=O)c2cccc(NC(=O)CC3SC(N4CCCCC4)=NC3=O)c2)c1. The van der Waals surface area contributed by atoms with Crippen LogP contribution >= 0.6 is 11.8 Å². The van der Waals surface area contributed by atoms with Crippen LogP contribution in [-0.4, -0.2) is 46.1 Å². The third-order valence-corrected chi connectivity index (χ3v) is 6.64. The topological polar surface area (TPSA) is 90.9 Å². The molecule has 33 heavy (non-hydrogen) atoms. The van der Waals surface area contributed by atoms with Crippen molar-refractivity contribution in [2.75, 3.05) is 23.7 Å². The summed E-state index contributed by atoms with van der Waals surface area (Å²) >= 11 is 1.36. The third kappa shape index (κ3) is 5.82. The molecule has 8 heteroatoms. The Labute approximate surface area is 197 Å². The summed E-state index contributed by atoms with van der Waals surface area (Å²) in [5, 5.41) is 5.79. The maximum atomic E-state index is 12.6. The lowest BCUT2D eigenvalue weighted by atomic mass is 10.1. The first-order valence-electron chi connectivity index (χ1n) is 10.8. The number of nitrogens with one attached hydrogen (secondary N) is 2. The van der Waals surface area contributed by atoms with Gasteiger partial charge in [-0.25, -0.2) is 0 Å². The van der Waals surface area contributed by atoms with Crippen LogP contribution < -0.4 is 10.6 Å². The second-order valence-corrected chi connectivity index (χ2v) is 9.07. The van der Waals surface area contributed by atoms with Gasteiger partial charge in [-0.3, -0.25) is 14.4 Å². The molecule has 2 heterocycles. The van der Waals surface area contributed by atoms with Crippen molar-refractivity contribution < 1.29 is 14.4 Å². The number of carbonyl (C=O) groups excluding carboxylic acids is 3. The summed E-state index contributed by atoms with van der Waals surface area (Å²) in [6.45, 7) is 1.81. The number of amides is 3. The Bertz CT molecular complexity index is 1150. The highest BCUT2D eigenvalue weighted by Crippen LogP contribution is 2.29. The number of nitrogens with zero attached hydrogens (tertiary/aromatic N) is 2. The van der Waals surface area contributed by atoms with Gasteiger partial charge in [-0.15, -0.1) is 6.42 Å². The van der Waals surface area contributed by atoms with Gasteiger partial charge in [0.05, 0.1) is 0 Å². The average molecular weight is 461 g/mol. The van der Waals surface area contributed by atoms with Gasteiger partial charge >= 0.3 is 0 Å². The van der Waals surface area contributed by atoms with Gasteiger partial charge in [0.15, 0.2) is 5.17 Å². The van der Waals surface area contributed by atoms with Crippen LogP contribution in [0.4, 0.5) is 11.4 Å². The zero-order valence-corrected chi connectivity index (χ0v) is 18.9. The van der Waals surface area contributed by atoms with E-state index < -0.39 is 5.25 Å². The van der Waals surface area contributed by atoms with Crippen molar-refractivity contribution >= 4 is 46.0 Å². The maximum absolute atomic E-state index is 12.6. The number of anilines is 2. The molecule has 2 aliphatic rings. The van der Waals surface area contributed by atoms with Crippen molar-refractivity contribution in [2.24, 2.45) is 4.99 Å². The van der Waals surface area contributed by atoms with E-state index in [0.29, 0.717) is 22.5 Å². The number of piperidine rings is 1. The minimum absolute atomic E-state index is 0.0274. The third-order valence-electron chi connectivity index (χ3n) is 5.42. The van der Waals surface area contributed by atoms with E-state index >= 15 is 0 Å². The summed E-state index contributed by atoms with van der Waals surface area (Å²) in [4.78, 5) is 43.8. The Morgan fingerprint density at radius 3 is 2.55 bits per heavy atom. The molecule has 0 aromatic heterocycles. The second-order valence-electron chi connectivity index (χ2n) is 7.90. The number of thioether (sulfide) groups is 1. The van der Waals surface area contributed by atoms with Crippen molar-refractivity contribution in [3.05, 3.63) is 59.7 Å². The molecular formula is C25H24N4O3S. The molecule has 1 atom stereocenters. The van der Waals surface area contributed by atoms with Gasteiger partial charge in [-0.2, -0.15) is 4.99 Å². The highest BCUT2D eigenvalue weighted by atomic mass is 32.2. The highest BCUT2D eigenvalue weighted by Gasteiger charge is 2.33. The molecule has 2 N–H and O–H groups in total. The number of terminal acetylenes is 1. The van der Waals surface area contributed by atoms with Crippen molar-refractivity contribution in [3.8, 4) is 12.3 Å². The minimum Gasteiger partial charge on any atom is -0.351 e. The predicted octanol–water partition coefficient (Wildman–Crippen LogP) is 3.73. The molecule has 0 aliphatic carbocycles. The zero-order valence-electron chi connectivity index (χ0n) is 18.0. The van der Waals surface area contributed by atoms with Gasteiger partial charge in [-0.05, 0) is 55.7 Å². The van der Waals surface area contributed by atoms with E-state index in [1.54, 1.807) is 48.5 Å². The Balaban J connectivity index is 1.33. The van der Waals surface area contributed by atoms with Gasteiger partial charge in [-0.1, -0.05) is 29.8 Å². The molecule has 3 amide bonds. The van der Waals surface area contributed by atoms with Crippen molar-refractivity contribution in [1.29, 1.82) is 0 Å². The molecular weight excluding hydrogens is 436 g/mol. The lowest BCUT2D eigenvalue weighted by Gasteiger charge is -2.27. The van der Waals surface area contributed by atoms with Crippen molar-refractivity contribution in [3.63, 3.8) is 0 Å². The summed E-state index contributed by atoms with van der Waals surface area (Å²) in [5.74, 6) is 1.65. The molecule has 1 unspecified atom stereocenters. The Morgan fingerprint density at radius 1 is 1.06 bits per heavy atom. The molecule has 0 bridgehead atoms. The molecule has 2 aromatic rings. The Morgan fingerprint density at radius 2 is 1.79 bits per heavy atom. The van der Waals surface area contributed by atoms with Gasteiger partial charge in [0.1, 0.15) is 5.25 Å². The first kappa shape index (κ1) is 22.6. The smallest absolute Gasteiger partial charge is 0.262 e. The molecule has 0 radical (unpaired) electrons. The normalized spacial score (nSPS) is 17.8. The van der Waals surface area contributed by atoms with Gasteiger partial charge in [0, 0.05) is 42.0 Å². The largest absolute Gasteiger partial charge is 0.351 e. The second kappa shape index (κ2) is 10.4. The van der Waals surface area contributed by atoms with E-state index in [2.05, 4.69) is 26.4 Å². The number of likely N-dealkylation sites (tertiary alicyclic amines) is 1. The Hall–Kier alpha value is -3.57. The number of hydrogen-bond acceptors (Lipinski definition) is 5. The molecule has 1 saturated heterocycles. The van der Waals surface area contributed by atoms with Crippen LogP contribution in [0.2, 0.25) is 0 Å². The van der Waals surface area contributed by atoms with E-state index in [1.807, 2.05) is 0 Å². The maximum Gasteiger partial charge on any atom is 0.262 e. The Kier molecular flexibility index (Phi) is 7.10. The van der Waals surface area contributed by atoms with E-state index in [1.165, 1.54) is 18.2 Å². The number of amidine groups is 1. The van der Waals surface area contributed by atoms with E-state index in [9.17, 15) is 14.4 Å². The van der Waals surface area contributed by atoms with Crippen LogP contribution in [0.15, 0.2) is 53.5 Å². The van der Waals surface area contributed by atoms with E-state index in [4.69, 9.17) is 6.42 Å². The van der Waals surface area contributed by atoms with Gasteiger partial charge < -0.3 is 15.5 Å². The van der Waals surface area contributed by atoms with E-state index in [-0.39, 0.29) is 24.1 Å². The van der Waals surface area contributed by atoms with Crippen molar-refractivity contribution in [1.82, 2.24) is 4.90 Å². The fourth-order valence-electron chi connectivity index (χ4n) is 3.74. The highest BCUT2D eigenvalue weighted by molar-refractivity contribution is 8.15. The standard InChI is InChI=1S/C25H24N4O3S/c1-2-17-8-6-10-19(14-17)27-23(31)18-9-7-11-20(15-18)26-22(30)16-21-24(32)28-25(33-21)29-12-4-3-5-13-29/h1,6-11,14-15,21H,3-5,12-13,16H2,(H,26,30)(H,27,31). The molecule has 0 spiro atoms. The first-order valence-corrected chi connectivity index (χ1v) is 11.7. The molecule has 1 fully saturated rings. The summed E-state index contributed by atoms with van der Waals surface area (Å²) < 4.78 is 0. The van der Waals surface area contributed by atoms with Crippen LogP contribution in [-0.2, 0) is 9.59 Å². The zero-order chi connectivity index (χ0) is 23.2. The minimum atomic E-state index is -0.517. The first-order chi connectivity index (χ1) is 16.0. The van der Waals surface area contributed by atoms with Gasteiger partial charge in [0.25, 0.3) is 11.8 Å². The van der Waals surface area contributed by atoms with Crippen LogP contribution in [0, 0.1) is 12.3 Å². The molecule has 2 aliphatic heterocycles. The fraction of sp³-hybridized carbons (Fsp3) is 0.280. The number of carbonyl (C=O) groups is 3. The summed E-state index contributed by atoms with van der Waals surface area (Å²) in [5.41, 5.74) is 2.13. The number of aliphatic imine (C=N–C) groups is 1. The van der Waals surface area contributed by atoms with Crippen LogP contribution in [0.25, 0.3) is 0 Å². The number of hydrogen-bond donors (Lipinski definition) is 2. The predicted molar refractivity (Wildman–Crippen MR) is 131 cm³/mol. The average Bonchev–Trinajstić information content (AvgIpc) is 3.19.